The van der Waals surface area contributed by atoms with E-state index >= 15 is 0 Å². The summed E-state index contributed by atoms with van der Waals surface area (Å²) in [6, 6.07) is 0. The maximum atomic E-state index is 10.9. The van der Waals surface area contributed by atoms with E-state index in [0.717, 1.165) is 12.8 Å². The van der Waals surface area contributed by atoms with E-state index in [1.165, 1.54) is 6.92 Å². The van der Waals surface area contributed by atoms with Crippen molar-refractivity contribution in [2.45, 2.75) is 39.2 Å². The summed E-state index contributed by atoms with van der Waals surface area (Å²) in [5.74, 6) is -0.174. The molecule has 0 rings (SSSR count). The number of aliphatic hydroxyl groups is 1. The van der Waals surface area contributed by atoms with Crippen LogP contribution in [0.3, 0.4) is 0 Å². The molecule has 0 spiro atoms. The Kier molecular flexibility index (Phi) is 6.39. The summed E-state index contributed by atoms with van der Waals surface area (Å²) in [5, 5.41) is 9.51. The third kappa shape index (κ3) is 4.07. The number of rotatable bonds is 6. The maximum Gasteiger partial charge on any atom is 0.136 e. The van der Waals surface area contributed by atoms with Crippen molar-refractivity contribution in [3.63, 3.8) is 0 Å². The molecule has 12 heavy (non-hydrogen) atoms. The van der Waals surface area contributed by atoms with Gasteiger partial charge in [0.25, 0.3) is 0 Å². The second kappa shape index (κ2) is 6.44. The average Bonchev–Trinajstić information content (AvgIpc) is 2.01. The van der Waals surface area contributed by atoms with E-state index < -0.39 is 6.10 Å². The summed E-state index contributed by atoms with van der Waals surface area (Å²) in [6.07, 6.45) is 2.10. The minimum Gasteiger partial charge on any atom is -0.392 e. The Balaban J connectivity index is 3.85. The predicted octanol–water partition coefficient (Wildman–Crippen LogP) is 1.98. The quantitative estimate of drug-likeness (QED) is 0.654. The first-order valence-electron chi connectivity index (χ1n) is 4.38. The zero-order chi connectivity index (χ0) is 9.56. The van der Waals surface area contributed by atoms with Crippen LogP contribution < -0.4 is 0 Å². The van der Waals surface area contributed by atoms with Crippen LogP contribution in [0.4, 0.5) is 0 Å². The number of alkyl halides is 1. The SMILES string of the molecule is CCCC[C@H](O)[C@@H](CCl)C(C)=O. The van der Waals surface area contributed by atoms with Gasteiger partial charge in [-0.05, 0) is 13.3 Å². The number of unbranched alkanes of at least 4 members (excludes halogenated alkanes) is 1. The highest BCUT2D eigenvalue weighted by Crippen LogP contribution is 2.13. The van der Waals surface area contributed by atoms with Crippen molar-refractivity contribution >= 4 is 17.4 Å². The lowest BCUT2D eigenvalue weighted by atomic mass is 9.96. The van der Waals surface area contributed by atoms with Crippen LogP contribution in [0.1, 0.15) is 33.1 Å². The van der Waals surface area contributed by atoms with E-state index in [1.807, 2.05) is 0 Å². The number of Topliss-reactive ketones (excluding diaryl/α,β-unsaturated/α-hetero) is 1. The lowest BCUT2D eigenvalue weighted by molar-refractivity contribution is -0.123. The molecule has 0 aromatic heterocycles. The van der Waals surface area contributed by atoms with Crippen LogP contribution in [0.2, 0.25) is 0 Å². The van der Waals surface area contributed by atoms with Gasteiger partial charge in [-0.1, -0.05) is 19.8 Å². The van der Waals surface area contributed by atoms with Crippen molar-refractivity contribution < 1.29 is 9.90 Å². The van der Waals surface area contributed by atoms with Crippen molar-refractivity contribution in [3.05, 3.63) is 0 Å². The minimum atomic E-state index is -0.556. The molecule has 1 N–H and O–H groups in total. The molecule has 0 aromatic carbocycles. The summed E-state index contributed by atoms with van der Waals surface area (Å²) in [5.41, 5.74) is 0. The molecule has 0 saturated carbocycles. The van der Waals surface area contributed by atoms with Crippen molar-refractivity contribution in [3.8, 4) is 0 Å². The van der Waals surface area contributed by atoms with Crippen LogP contribution in [-0.4, -0.2) is 22.9 Å². The molecule has 0 fully saturated rings. The fourth-order valence-electron chi connectivity index (χ4n) is 1.10. The Morgan fingerprint density at radius 3 is 2.50 bits per heavy atom. The summed E-state index contributed by atoms with van der Waals surface area (Å²) in [7, 11) is 0. The molecule has 0 saturated heterocycles. The van der Waals surface area contributed by atoms with Crippen LogP contribution in [-0.2, 0) is 4.79 Å². The van der Waals surface area contributed by atoms with Crippen molar-refractivity contribution in [1.82, 2.24) is 0 Å². The number of hydrogen-bond donors (Lipinski definition) is 1. The van der Waals surface area contributed by atoms with Crippen LogP contribution >= 0.6 is 11.6 Å². The number of carbonyl (C=O) groups excluding carboxylic acids is 1. The van der Waals surface area contributed by atoms with Crippen LogP contribution in [0.5, 0.6) is 0 Å². The lowest BCUT2D eigenvalue weighted by Crippen LogP contribution is -2.28. The predicted molar refractivity (Wildman–Crippen MR) is 50.4 cm³/mol. The summed E-state index contributed by atoms with van der Waals surface area (Å²) in [4.78, 5) is 10.9. The van der Waals surface area contributed by atoms with Gasteiger partial charge < -0.3 is 5.11 Å². The topological polar surface area (TPSA) is 37.3 Å². The van der Waals surface area contributed by atoms with Gasteiger partial charge >= 0.3 is 0 Å². The normalized spacial score (nSPS) is 15.7. The molecule has 72 valence electrons. The van der Waals surface area contributed by atoms with Gasteiger partial charge in [0, 0.05) is 5.88 Å². The van der Waals surface area contributed by atoms with E-state index in [0.29, 0.717) is 6.42 Å². The van der Waals surface area contributed by atoms with Gasteiger partial charge in [0.2, 0.25) is 0 Å². The smallest absolute Gasteiger partial charge is 0.136 e. The van der Waals surface area contributed by atoms with Crippen molar-refractivity contribution in [1.29, 1.82) is 0 Å². The highest BCUT2D eigenvalue weighted by molar-refractivity contribution is 6.19. The van der Waals surface area contributed by atoms with Crippen molar-refractivity contribution in [2.75, 3.05) is 5.88 Å². The van der Waals surface area contributed by atoms with Crippen LogP contribution in [0.15, 0.2) is 0 Å². The zero-order valence-electron chi connectivity index (χ0n) is 7.72. The summed E-state index contributed by atoms with van der Waals surface area (Å²) in [6.45, 7) is 3.53. The van der Waals surface area contributed by atoms with Crippen LogP contribution in [0.25, 0.3) is 0 Å². The first-order valence-corrected chi connectivity index (χ1v) is 4.91. The largest absolute Gasteiger partial charge is 0.392 e. The van der Waals surface area contributed by atoms with E-state index in [9.17, 15) is 9.90 Å². The second-order valence-electron chi connectivity index (χ2n) is 3.08. The fourth-order valence-corrected chi connectivity index (χ4v) is 1.52. The zero-order valence-corrected chi connectivity index (χ0v) is 8.47. The molecule has 0 bridgehead atoms. The van der Waals surface area contributed by atoms with Gasteiger partial charge in [0.05, 0.1) is 12.0 Å². The molecule has 0 radical (unpaired) electrons. The molecular formula is C9H17ClO2. The number of aliphatic hydroxyl groups excluding tert-OH is 1. The van der Waals surface area contributed by atoms with Gasteiger partial charge in [0.15, 0.2) is 0 Å². The highest BCUT2D eigenvalue weighted by atomic mass is 35.5. The molecule has 0 unspecified atom stereocenters. The Morgan fingerprint density at radius 2 is 2.17 bits per heavy atom. The molecule has 0 amide bonds. The molecule has 0 aliphatic rings. The lowest BCUT2D eigenvalue weighted by Gasteiger charge is -2.17. The second-order valence-corrected chi connectivity index (χ2v) is 3.39. The van der Waals surface area contributed by atoms with Crippen molar-refractivity contribution in [2.24, 2.45) is 5.92 Å². The van der Waals surface area contributed by atoms with Gasteiger partial charge in [0.1, 0.15) is 5.78 Å². The van der Waals surface area contributed by atoms with Gasteiger partial charge in [-0.25, -0.2) is 0 Å². The minimum absolute atomic E-state index is 0.0198. The molecule has 0 aliphatic carbocycles. The number of ketones is 1. The third-order valence-corrected chi connectivity index (χ3v) is 2.34. The van der Waals surface area contributed by atoms with E-state index in [2.05, 4.69) is 6.92 Å². The maximum absolute atomic E-state index is 10.9. The molecule has 2 atom stereocenters. The Morgan fingerprint density at radius 1 is 1.58 bits per heavy atom. The Hall–Kier alpha value is -0.0800. The molecule has 0 aromatic rings. The molecule has 0 aliphatic heterocycles. The molecular weight excluding hydrogens is 176 g/mol. The molecule has 0 heterocycles. The monoisotopic (exact) mass is 192 g/mol. The first kappa shape index (κ1) is 11.9. The average molecular weight is 193 g/mol. The first-order chi connectivity index (χ1) is 5.63. The van der Waals surface area contributed by atoms with E-state index in [-0.39, 0.29) is 17.6 Å². The van der Waals surface area contributed by atoms with Crippen LogP contribution in [0, 0.1) is 5.92 Å². The highest BCUT2D eigenvalue weighted by Gasteiger charge is 2.21. The number of carbonyl (C=O) groups is 1. The number of halogens is 1. The summed E-state index contributed by atoms with van der Waals surface area (Å²) >= 11 is 5.56. The third-order valence-electron chi connectivity index (χ3n) is 2.01. The summed E-state index contributed by atoms with van der Waals surface area (Å²) < 4.78 is 0. The van der Waals surface area contributed by atoms with E-state index in [4.69, 9.17) is 11.6 Å². The Bertz CT molecular complexity index is 136. The van der Waals surface area contributed by atoms with Gasteiger partial charge in [-0.3, -0.25) is 4.79 Å². The fraction of sp³-hybridized carbons (Fsp3) is 0.889. The molecule has 3 heteroatoms. The number of hydrogen-bond acceptors (Lipinski definition) is 2. The molecule has 2 nitrogen and oxygen atoms in total. The van der Waals surface area contributed by atoms with Gasteiger partial charge in [-0.2, -0.15) is 0 Å². The van der Waals surface area contributed by atoms with E-state index in [1.54, 1.807) is 0 Å². The van der Waals surface area contributed by atoms with Gasteiger partial charge in [-0.15, -0.1) is 11.6 Å². The standard InChI is InChI=1S/C9H17ClO2/c1-3-4-5-9(12)8(6-10)7(2)11/h8-9,12H,3-6H2,1-2H3/t8-,9-/m0/s1. The Labute approximate surface area is 78.9 Å².